The fourth-order valence-electron chi connectivity index (χ4n) is 9.89. The highest BCUT2D eigenvalue weighted by Crippen LogP contribution is 2.58. The maximum absolute atomic E-state index is 2.46. The maximum atomic E-state index is 2.46. The van der Waals surface area contributed by atoms with Crippen LogP contribution < -0.4 is 9.80 Å². The third-order valence-electron chi connectivity index (χ3n) is 13.1. The van der Waals surface area contributed by atoms with Gasteiger partial charge in [0.2, 0.25) is 0 Å². The molecule has 2 nitrogen and oxygen atoms in total. The number of benzene rings is 10. The summed E-state index contributed by atoms with van der Waals surface area (Å²) < 4.78 is 0. The summed E-state index contributed by atoms with van der Waals surface area (Å²) in [5.41, 5.74) is 20.7. The molecule has 0 atom stereocenters. The molecule has 2 heteroatoms. The van der Waals surface area contributed by atoms with Gasteiger partial charge in [-0.05, 0) is 142 Å². The molecule has 0 bridgehead atoms. The van der Waals surface area contributed by atoms with Crippen molar-refractivity contribution in [3.63, 3.8) is 0 Å². The van der Waals surface area contributed by atoms with Gasteiger partial charge in [-0.15, -0.1) is 0 Å². The van der Waals surface area contributed by atoms with Gasteiger partial charge in [0.1, 0.15) is 0 Å². The van der Waals surface area contributed by atoms with Gasteiger partial charge in [-0.3, -0.25) is 0 Å². The molecule has 0 N–H and O–H groups in total. The van der Waals surface area contributed by atoms with Gasteiger partial charge < -0.3 is 9.80 Å². The molecule has 0 heterocycles. The number of fused-ring (bicyclic) bond motifs is 3. The van der Waals surface area contributed by atoms with E-state index in [1.54, 1.807) is 0 Å². The van der Waals surface area contributed by atoms with Crippen molar-refractivity contribution in [1.82, 2.24) is 0 Å². The molecular weight excluding hydrogens is 785 g/mol. The van der Waals surface area contributed by atoms with Crippen LogP contribution in [0.4, 0.5) is 34.1 Å². The highest BCUT2D eigenvalue weighted by molar-refractivity contribution is 5.92. The Morgan fingerprint density at radius 3 is 0.877 bits per heavy atom. The Hall–Kier alpha value is -8.20. The SMILES string of the molecule is Cc1ccc(N(c2ccc(-c3ccccc3)cc2)c2ccc3c(c2)C(c2ccccc2)(c2ccccc2)c2cc(N(c4ccc(C)cc4)c4ccc(-c5ccccc5)cc4)ccc2-3)cc1. The summed E-state index contributed by atoms with van der Waals surface area (Å²) in [7, 11) is 0. The van der Waals surface area contributed by atoms with Crippen LogP contribution in [0.2, 0.25) is 0 Å². The lowest BCUT2D eigenvalue weighted by Crippen LogP contribution is -2.29. The predicted molar refractivity (Wildman–Crippen MR) is 273 cm³/mol. The monoisotopic (exact) mass is 832 g/mol. The molecule has 0 radical (unpaired) electrons. The second-order valence-corrected chi connectivity index (χ2v) is 17.1. The Kier molecular flexibility index (Phi) is 10.3. The topological polar surface area (TPSA) is 6.48 Å². The van der Waals surface area contributed by atoms with E-state index < -0.39 is 5.41 Å². The minimum absolute atomic E-state index is 0.633. The van der Waals surface area contributed by atoms with Crippen LogP contribution in [0.3, 0.4) is 0 Å². The molecule has 65 heavy (non-hydrogen) atoms. The second kappa shape index (κ2) is 16.8. The van der Waals surface area contributed by atoms with Crippen molar-refractivity contribution in [3.8, 4) is 33.4 Å². The van der Waals surface area contributed by atoms with E-state index in [1.165, 1.54) is 66.8 Å². The lowest BCUT2D eigenvalue weighted by atomic mass is 9.67. The molecule has 0 fully saturated rings. The minimum atomic E-state index is -0.633. The average molecular weight is 833 g/mol. The molecule has 0 aromatic heterocycles. The van der Waals surface area contributed by atoms with Crippen LogP contribution in [-0.2, 0) is 5.41 Å². The number of hydrogen-bond donors (Lipinski definition) is 0. The fraction of sp³-hybridized carbons (Fsp3) is 0.0476. The number of nitrogens with zero attached hydrogens (tertiary/aromatic N) is 2. The first-order valence-electron chi connectivity index (χ1n) is 22.5. The number of hydrogen-bond acceptors (Lipinski definition) is 2. The maximum Gasteiger partial charge on any atom is 0.0715 e. The zero-order chi connectivity index (χ0) is 43.7. The van der Waals surface area contributed by atoms with Crippen LogP contribution in [0.25, 0.3) is 33.4 Å². The average Bonchev–Trinajstić information content (AvgIpc) is 3.66. The number of rotatable bonds is 10. The largest absolute Gasteiger partial charge is 0.310 e. The van der Waals surface area contributed by atoms with Gasteiger partial charge in [0, 0.05) is 34.1 Å². The summed E-state index contributed by atoms with van der Waals surface area (Å²) in [4.78, 5) is 4.81. The minimum Gasteiger partial charge on any atom is -0.310 e. The number of aryl methyl sites for hydroxylation is 2. The van der Waals surface area contributed by atoms with E-state index in [4.69, 9.17) is 0 Å². The van der Waals surface area contributed by atoms with Gasteiger partial charge in [0.25, 0.3) is 0 Å². The van der Waals surface area contributed by atoms with Crippen LogP contribution in [0.1, 0.15) is 33.4 Å². The van der Waals surface area contributed by atoms with E-state index in [-0.39, 0.29) is 0 Å². The highest BCUT2D eigenvalue weighted by atomic mass is 15.1. The lowest BCUT2D eigenvalue weighted by Gasteiger charge is -2.35. The van der Waals surface area contributed by atoms with Crippen molar-refractivity contribution in [2.24, 2.45) is 0 Å². The lowest BCUT2D eigenvalue weighted by molar-refractivity contribution is 0.768. The van der Waals surface area contributed by atoms with E-state index in [0.717, 1.165) is 34.1 Å². The standard InChI is InChI=1S/C63H48N2/c1-45-23-31-53(32-24-45)64(55-35-27-49(28-36-55)47-15-7-3-8-16-47)57-39-41-59-60-42-40-58(44-62(60)63(61(59)43-57,51-19-11-5-12-20-51)52-21-13-6-14-22-52)65(54-33-25-46(2)26-34-54)56-37-29-50(30-38-56)48-17-9-4-10-18-48/h3-44H,1-2H3. The molecule has 11 rings (SSSR count). The van der Waals surface area contributed by atoms with Crippen LogP contribution in [0.15, 0.2) is 255 Å². The molecule has 0 saturated heterocycles. The van der Waals surface area contributed by atoms with Crippen LogP contribution in [-0.4, -0.2) is 0 Å². The van der Waals surface area contributed by atoms with Gasteiger partial charge in [0.05, 0.1) is 5.41 Å². The van der Waals surface area contributed by atoms with Crippen LogP contribution in [0, 0.1) is 13.8 Å². The normalized spacial score (nSPS) is 12.3. The molecule has 1 aliphatic rings. The van der Waals surface area contributed by atoms with E-state index in [2.05, 4.69) is 278 Å². The Balaban J connectivity index is 1.12. The van der Waals surface area contributed by atoms with Crippen molar-refractivity contribution in [2.75, 3.05) is 9.80 Å². The van der Waals surface area contributed by atoms with Crippen molar-refractivity contribution >= 4 is 34.1 Å². The fourth-order valence-corrected chi connectivity index (χ4v) is 9.89. The summed E-state index contributed by atoms with van der Waals surface area (Å²) in [6, 6.07) is 93.5. The van der Waals surface area contributed by atoms with Crippen molar-refractivity contribution in [3.05, 3.63) is 288 Å². The van der Waals surface area contributed by atoms with Gasteiger partial charge in [-0.25, -0.2) is 0 Å². The smallest absolute Gasteiger partial charge is 0.0715 e. The van der Waals surface area contributed by atoms with Crippen molar-refractivity contribution < 1.29 is 0 Å². The zero-order valence-electron chi connectivity index (χ0n) is 36.6. The summed E-state index contributed by atoms with van der Waals surface area (Å²) in [5.74, 6) is 0. The third kappa shape index (κ3) is 7.20. The molecule has 0 amide bonds. The summed E-state index contributed by atoms with van der Waals surface area (Å²) in [6.07, 6.45) is 0. The van der Waals surface area contributed by atoms with Crippen molar-refractivity contribution in [2.45, 2.75) is 19.3 Å². The Morgan fingerprint density at radius 1 is 0.262 bits per heavy atom. The van der Waals surface area contributed by atoms with E-state index in [1.807, 2.05) is 0 Å². The van der Waals surface area contributed by atoms with Gasteiger partial charge in [-0.2, -0.15) is 0 Å². The summed E-state index contributed by atoms with van der Waals surface area (Å²) >= 11 is 0. The van der Waals surface area contributed by atoms with Crippen LogP contribution in [0.5, 0.6) is 0 Å². The molecule has 1 aliphatic carbocycles. The van der Waals surface area contributed by atoms with E-state index in [0.29, 0.717) is 0 Å². The van der Waals surface area contributed by atoms with Gasteiger partial charge in [-0.1, -0.05) is 193 Å². The molecule has 0 unspecified atom stereocenters. The van der Waals surface area contributed by atoms with Crippen LogP contribution >= 0.6 is 0 Å². The van der Waals surface area contributed by atoms with Gasteiger partial charge >= 0.3 is 0 Å². The molecule has 0 saturated carbocycles. The molecule has 0 aliphatic heterocycles. The Labute approximate surface area is 383 Å². The third-order valence-corrected chi connectivity index (χ3v) is 13.1. The van der Waals surface area contributed by atoms with E-state index in [9.17, 15) is 0 Å². The van der Waals surface area contributed by atoms with E-state index >= 15 is 0 Å². The molecule has 0 spiro atoms. The first-order chi connectivity index (χ1) is 32.0. The molecule has 310 valence electrons. The highest BCUT2D eigenvalue weighted by Gasteiger charge is 2.47. The first kappa shape index (κ1) is 39.6. The zero-order valence-corrected chi connectivity index (χ0v) is 36.6. The molecule has 10 aromatic carbocycles. The van der Waals surface area contributed by atoms with Crippen molar-refractivity contribution in [1.29, 1.82) is 0 Å². The first-order valence-corrected chi connectivity index (χ1v) is 22.5. The quantitative estimate of drug-likeness (QED) is 0.135. The van der Waals surface area contributed by atoms with Gasteiger partial charge in [0.15, 0.2) is 0 Å². The molecule has 10 aromatic rings. The molecular formula is C63H48N2. The summed E-state index contributed by atoms with van der Waals surface area (Å²) in [6.45, 7) is 4.30. The number of anilines is 6. The Bertz CT molecular complexity index is 2990. The predicted octanol–water partition coefficient (Wildman–Crippen LogP) is 16.9. The summed E-state index contributed by atoms with van der Waals surface area (Å²) in [5, 5.41) is 0. The second-order valence-electron chi connectivity index (χ2n) is 17.1. The Morgan fingerprint density at radius 2 is 0.538 bits per heavy atom.